The molecule has 0 saturated heterocycles. The topological polar surface area (TPSA) is 237 Å². The third-order valence-corrected chi connectivity index (χ3v) is 17.9. The van der Waals surface area contributed by atoms with E-state index in [4.69, 9.17) is 37.0 Å². The molecule has 19 heteroatoms. The minimum absolute atomic E-state index is 0.0290. The van der Waals surface area contributed by atoms with Gasteiger partial charge in [-0.2, -0.15) is 0 Å². The highest BCUT2D eigenvalue weighted by atomic mass is 31.2. The maximum Gasteiger partial charge on any atom is 0.472 e. The monoisotopic (exact) mass is 1490 g/mol. The summed E-state index contributed by atoms with van der Waals surface area (Å²) >= 11 is 0. The second-order valence-electron chi connectivity index (χ2n) is 25.9. The van der Waals surface area contributed by atoms with Crippen molar-refractivity contribution < 1.29 is 80.2 Å². The number of rotatable bonds is 73. The van der Waals surface area contributed by atoms with Gasteiger partial charge in [0.25, 0.3) is 0 Å². The van der Waals surface area contributed by atoms with Crippen molar-refractivity contribution in [1.29, 1.82) is 0 Å². The average Bonchev–Trinajstić information content (AvgIpc) is 0.918. The highest BCUT2D eigenvalue weighted by Gasteiger charge is 2.30. The fraction of sp³-hybridized carbons (Fsp3) is 0.647. The first kappa shape index (κ1) is 98.7. The Morgan fingerprint density at radius 2 is 0.500 bits per heavy atom. The molecule has 0 rings (SSSR count). The van der Waals surface area contributed by atoms with Crippen LogP contribution in [0.5, 0.6) is 0 Å². The van der Waals surface area contributed by atoms with Gasteiger partial charge < -0.3 is 33.8 Å². The lowest BCUT2D eigenvalue weighted by Crippen LogP contribution is -2.30. The molecule has 0 amide bonds. The number of esters is 4. The molecular formula is C85H140O17P2. The van der Waals surface area contributed by atoms with Gasteiger partial charge in [0.05, 0.1) is 26.4 Å². The van der Waals surface area contributed by atoms with Crippen LogP contribution in [0.2, 0.25) is 0 Å². The van der Waals surface area contributed by atoms with E-state index in [9.17, 15) is 43.2 Å². The minimum Gasteiger partial charge on any atom is -0.462 e. The van der Waals surface area contributed by atoms with Gasteiger partial charge in [0.1, 0.15) is 19.3 Å². The molecular weight excluding hydrogens is 1350 g/mol. The second-order valence-corrected chi connectivity index (χ2v) is 28.8. The number of phosphoric ester groups is 2. The number of hydrogen-bond acceptors (Lipinski definition) is 15. The summed E-state index contributed by atoms with van der Waals surface area (Å²) in [5, 5.41) is 10.6. The molecule has 592 valence electrons. The standard InChI is InChI=1S/C85H140O17P2/c1-5-9-13-17-21-25-29-33-37-38-39-40-44-46-50-54-58-62-66-70-83(88)96-76-81(102-85(90)72-68-64-60-56-52-48-43-36-32-28-24-20-16-12-8-4)78-100-104(93,94)98-74-79(86)73-97-103(91,92)99-77-80(101-84(89)71-67-63-59-55-51-47-42-35-31-27-23-19-15-11-7-3)75-95-82(87)69-65-61-57-53-49-45-41-34-30-26-22-18-14-10-6-2/h9,12-13,16,21-28,33-37,39-43,46,50,52,56,79-81,86H,5-8,10-11,14-15,17-20,29-32,38,44-45,47-49,51,53-55,57-78H2,1-4H3,(H,91,92)(H,93,94)/b13-9-,16-12-,25-21-,26-22-,27-23-,28-24-,37-33-,40-39-,41-34-,42-35-,43-36-,50-46-,56-52-. The van der Waals surface area contributed by atoms with Gasteiger partial charge in [0.15, 0.2) is 12.2 Å². The van der Waals surface area contributed by atoms with Crippen molar-refractivity contribution in [2.24, 2.45) is 0 Å². The van der Waals surface area contributed by atoms with Crippen molar-refractivity contribution >= 4 is 39.5 Å². The zero-order chi connectivity index (χ0) is 76.0. The predicted octanol–water partition coefficient (Wildman–Crippen LogP) is 23.2. The molecule has 104 heavy (non-hydrogen) atoms. The van der Waals surface area contributed by atoms with E-state index in [1.54, 1.807) is 0 Å². The van der Waals surface area contributed by atoms with Crippen molar-refractivity contribution in [2.75, 3.05) is 39.6 Å². The lowest BCUT2D eigenvalue weighted by Gasteiger charge is -2.21. The van der Waals surface area contributed by atoms with E-state index >= 15 is 0 Å². The molecule has 0 aliphatic heterocycles. The van der Waals surface area contributed by atoms with Crippen molar-refractivity contribution in [1.82, 2.24) is 0 Å². The molecule has 0 bridgehead atoms. The van der Waals surface area contributed by atoms with Crippen molar-refractivity contribution in [3.05, 3.63) is 158 Å². The summed E-state index contributed by atoms with van der Waals surface area (Å²) in [5.41, 5.74) is 0. The number of phosphoric acid groups is 2. The van der Waals surface area contributed by atoms with Crippen LogP contribution in [-0.2, 0) is 65.4 Å². The fourth-order valence-electron chi connectivity index (χ4n) is 9.94. The number of aliphatic hydroxyl groups is 1. The maximum absolute atomic E-state index is 13.1. The van der Waals surface area contributed by atoms with Crippen LogP contribution in [0.3, 0.4) is 0 Å². The molecule has 0 aliphatic carbocycles. The molecule has 5 atom stereocenters. The van der Waals surface area contributed by atoms with Crippen LogP contribution in [0.4, 0.5) is 0 Å². The van der Waals surface area contributed by atoms with E-state index in [1.807, 2.05) is 0 Å². The zero-order valence-electron chi connectivity index (χ0n) is 64.6. The molecule has 0 aromatic rings. The van der Waals surface area contributed by atoms with E-state index < -0.39 is 97.5 Å². The zero-order valence-corrected chi connectivity index (χ0v) is 66.4. The predicted molar refractivity (Wildman–Crippen MR) is 427 cm³/mol. The van der Waals surface area contributed by atoms with Gasteiger partial charge in [-0.05, 0) is 173 Å². The van der Waals surface area contributed by atoms with Crippen LogP contribution in [0.15, 0.2) is 158 Å². The van der Waals surface area contributed by atoms with E-state index in [2.05, 4.69) is 186 Å². The van der Waals surface area contributed by atoms with E-state index in [0.29, 0.717) is 32.1 Å². The SMILES string of the molecule is CC/C=C\C/C=C\C/C=C\C/C=C\C/C=C\CCCCCC(=O)OCC(COP(=O)(O)OCC(O)COP(=O)(O)OCC(COC(=O)CCCCCCC/C=C\C/C=C\CCCCC)OC(=O)CCCCCCC/C=C\C/C=C\CCCCC)OC(=O)CCCC/C=C\C/C=C\C/C=C\C/C=C\CC. The number of ether oxygens (including phenoxy) is 4. The van der Waals surface area contributed by atoms with Crippen LogP contribution in [0, 0.1) is 0 Å². The molecule has 0 saturated carbocycles. The fourth-order valence-corrected chi connectivity index (χ4v) is 11.5. The largest absolute Gasteiger partial charge is 0.472 e. The Hall–Kier alpha value is -5.32. The van der Waals surface area contributed by atoms with Gasteiger partial charge in [-0.15, -0.1) is 0 Å². The highest BCUT2D eigenvalue weighted by molar-refractivity contribution is 7.47. The van der Waals surface area contributed by atoms with Crippen LogP contribution in [0.25, 0.3) is 0 Å². The summed E-state index contributed by atoms with van der Waals surface area (Å²) in [5.74, 6) is -2.30. The molecule has 3 N–H and O–H groups in total. The van der Waals surface area contributed by atoms with Gasteiger partial charge in [-0.3, -0.25) is 37.3 Å². The summed E-state index contributed by atoms with van der Waals surface area (Å²) in [6.45, 7) is 4.47. The van der Waals surface area contributed by atoms with E-state index in [-0.39, 0.29) is 25.7 Å². The Morgan fingerprint density at radius 1 is 0.279 bits per heavy atom. The summed E-state index contributed by atoms with van der Waals surface area (Å²) in [4.78, 5) is 73.0. The molecule has 0 fully saturated rings. The maximum atomic E-state index is 13.1. The normalized spacial score (nSPS) is 14.7. The quantitative estimate of drug-likeness (QED) is 0.0169. The second kappa shape index (κ2) is 75.9. The Balaban J connectivity index is 5.46. The van der Waals surface area contributed by atoms with E-state index in [0.717, 1.165) is 173 Å². The lowest BCUT2D eigenvalue weighted by atomic mass is 10.1. The Bertz CT molecular complexity index is 2590. The van der Waals surface area contributed by atoms with Crippen molar-refractivity contribution in [2.45, 2.75) is 316 Å². The molecule has 17 nitrogen and oxygen atoms in total. The van der Waals surface area contributed by atoms with E-state index in [1.165, 1.54) is 38.5 Å². The van der Waals surface area contributed by atoms with Gasteiger partial charge in [-0.1, -0.05) is 256 Å². The Morgan fingerprint density at radius 3 is 0.798 bits per heavy atom. The Labute approximate surface area is 629 Å². The minimum atomic E-state index is -5.00. The first-order valence-corrected chi connectivity index (χ1v) is 42.7. The van der Waals surface area contributed by atoms with Crippen molar-refractivity contribution in [3.8, 4) is 0 Å². The average molecular weight is 1500 g/mol. The third kappa shape index (κ3) is 74.9. The Kier molecular flexibility index (Phi) is 72.0. The van der Waals surface area contributed by atoms with Crippen LogP contribution < -0.4 is 0 Å². The molecule has 5 unspecified atom stereocenters. The smallest absolute Gasteiger partial charge is 0.462 e. The van der Waals surface area contributed by atoms with Gasteiger partial charge in [-0.25, -0.2) is 9.13 Å². The number of allylic oxidation sites excluding steroid dienone is 26. The number of carbonyl (C=O) groups excluding carboxylic acids is 4. The molecule has 0 aliphatic rings. The lowest BCUT2D eigenvalue weighted by molar-refractivity contribution is -0.161. The number of carbonyl (C=O) groups is 4. The van der Waals surface area contributed by atoms with Gasteiger partial charge in [0, 0.05) is 25.7 Å². The molecule has 0 aromatic heterocycles. The summed E-state index contributed by atoms with van der Waals surface area (Å²) in [6, 6.07) is 0. The van der Waals surface area contributed by atoms with Gasteiger partial charge in [0.2, 0.25) is 0 Å². The summed E-state index contributed by atoms with van der Waals surface area (Å²) in [6.07, 6.45) is 88.0. The van der Waals surface area contributed by atoms with Crippen LogP contribution in [-0.4, -0.2) is 96.7 Å². The van der Waals surface area contributed by atoms with Crippen molar-refractivity contribution in [3.63, 3.8) is 0 Å². The van der Waals surface area contributed by atoms with Gasteiger partial charge >= 0.3 is 39.5 Å². The first-order valence-electron chi connectivity index (χ1n) is 39.7. The summed E-state index contributed by atoms with van der Waals surface area (Å²) in [7, 11) is -10.00. The third-order valence-electron chi connectivity index (χ3n) is 16.0. The van der Waals surface area contributed by atoms with Crippen LogP contribution >= 0.6 is 15.6 Å². The highest BCUT2D eigenvalue weighted by Crippen LogP contribution is 2.45. The number of hydrogen-bond donors (Lipinski definition) is 3. The molecule has 0 aromatic carbocycles. The number of aliphatic hydroxyl groups excluding tert-OH is 1. The summed E-state index contributed by atoms with van der Waals surface area (Å²) < 4.78 is 68.5. The first-order chi connectivity index (χ1) is 50.7. The molecule has 0 spiro atoms. The van der Waals surface area contributed by atoms with Crippen LogP contribution in [0.1, 0.15) is 297 Å². The molecule has 0 radical (unpaired) electrons. The molecule has 0 heterocycles. The number of unbranched alkanes of at least 4 members (excludes halogenated alkanes) is 21.